The molecule has 0 radical (unpaired) electrons. The Morgan fingerprint density at radius 2 is 2.35 bits per heavy atom. The van der Waals surface area contributed by atoms with E-state index in [1.54, 1.807) is 0 Å². The van der Waals surface area contributed by atoms with Crippen LogP contribution in [0.25, 0.3) is 0 Å². The van der Waals surface area contributed by atoms with E-state index >= 15 is 0 Å². The molecule has 1 aromatic rings. The van der Waals surface area contributed by atoms with Gasteiger partial charge in [-0.3, -0.25) is 4.68 Å². The molecule has 0 spiro atoms. The molecule has 1 N–H and O–H groups in total. The van der Waals surface area contributed by atoms with Crippen LogP contribution in [0, 0.1) is 11.8 Å². The molecule has 1 aromatic heterocycles. The molecule has 3 nitrogen and oxygen atoms in total. The summed E-state index contributed by atoms with van der Waals surface area (Å²) in [6.07, 6.45) is 7.55. The number of rotatable bonds is 5. The average Bonchev–Trinajstić information content (AvgIpc) is 2.77. The molecule has 1 heterocycles. The summed E-state index contributed by atoms with van der Waals surface area (Å²) in [5, 5.41) is 7.88. The van der Waals surface area contributed by atoms with Crippen LogP contribution in [0.5, 0.6) is 0 Å². The summed E-state index contributed by atoms with van der Waals surface area (Å²) < 4.78 is 2.07. The van der Waals surface area contributed by atoms with E-state index < -0.39 is 0 Å². The lowest BCUT2D eigenvalue weighted by Gasteiger charge is -2.26. The standard InChI is InChI=1S/C14H25N3/c1-3-17-14(7-8-16-17)11-15-10-13-6-4-5-12(2)9-13/h7-8,12-13,15H,3-6,9-11H2,1-2H3. The van der Waals surface area contributed by atoms with Gasteiger partial charge in [-0.1, -0.05) is 19.8 Å². The maximum absolute atomic E-state index is 4.29. The van der Waals surface area contributed by atoms with E-state index in [1.807, 2.05) is 6.20 Å². The number of hydrogen-bond donors (Lipinski definition) is 1. The van der Waals surface area contributed by atoms with Gasteiger partial charge in [-0.05, 0) is 44.2 Å². The van der Waals surface area contributed by atoms with Crippen molar-refractivity contribution in [3.63, 3.8) is 0 Å². The van der Waals surface area contributed by atoms with Crippen LogP contribution in [-0.2, 0) is 13.1 Å². The van der Waals surface area contributed by atoms with Gasteiger partial charge in [0.15, 0.2) is 0 Å². The van der Waals surface area contributed by atoms with E-state index in [2.05, 4.69) is 35.0 Å². The molecular weight excluding hydrogens is 210 g/mol. The van der Waals surface area contributed by atoms with Crippen LogP contribution in [0.15, 0.2) is 12.3 Å². The maximum atomic E-state index is 4.29. The van der Waals surface area contributed by atoms with Crippen LogP contribution in [0.1, 0.15) is 45.2 Å². The Bertz CT molecular complexity index is 332. The zero-order chi connectivity index (χ0) is 12.1. The lowest BCUT2D eigenvalue weighted by atomic mass is 9.82. The second kappa shape index (κ2) is 6.20. The largest absolute Gasteiger partial charge is 0.311 e. The molecule has 0 saturated heterocycles. The molecule has 3 heteroatoms. The van der Waals surface area contributed by atoms with E-state index in [-0.39, 0.29) is 0 Å². The van der Waals surface area contributed by atoms with Gasteiger partial charge in [-0.2, -0.15) is 5.10 Å². The summed E-state index contributed by atoms with van der Waals surface area (Å²) in [7, 11) is 0. The number of nitrogens with zero attached hydrogens (tertiary/aromatic N) is 2. The van der Waals surface area contributed by atoms with E-state index in [9.17, 15) is 0 Å². The monoisotopic (exact) mass is 235 g/mol. The molecule has 1 saturated carbocycles. The summed E-state index contributed by atoms with van der Waals surface area (Å²) in [6, 6.07) is 2.11. The van der Waals surface area contributed by atoms with Crippen molar-refractivity contribution >= 4 is 0 Å². The molecule has 0 amide bonds. The van der Waals surface area contributed by atoms with Crippen molar-refractivity contribution in [2.45, 2.75) is 52.6 Å². The maximum Gasteiger partial charge on any atom is 0.0521 e. The lowest BCUT2D eigenvalue weighted by molar-refractivity contribution is 0.273. The Labute approximate surface area is 105 Å². The number of hydrogen-bond acceptors (Lipinski definition) is 2. The summed E-state index contributed by atoms with van der Waals surface area (Å²) in [5.74, 6) is 1.81. The van der Waals surface area contributed by atoms with Crippen molar-refractivity contribution < 1.29 is 0 Å². The average molecular weight is 235 g/mol. The van der Waals surface area contributed by atoms with Crippen LogP contribution < -0.4 is 5.32 Å². The number of aromatic nitrogens is 2. The Kier molecular flexibility index (Phi) is 4.60. The van der Waals surface area contributed by atoms with Gasteiger partial charge < -0.3 is 5.32 Å². The van der Waals surface area contributed by atoms with E-state index in [1.165, 1.54) is 37.9 Å². The first-order chi connectivity index (χ1) is 8.29. The zero-order valence-corrected chi connectivity index (χ0v) is 11.2. The summed E-state index contributed by atoms with van der Waals surface area (Å²) in [4.78, 5) is 0. The molecule has 96 valence electrons. The molecule has 0 aliphatic heterocycles. The van der Waals surface area contributed by atoms with Crippen LogP contribution in [0.2, 0.25) is 0 Å². The van der Waals surface area contributed by atoms with Crippen LogP contribution in [-0.4, -0.2) is 16.3 Å². The Morgan fingerprint density at radius 1 is 1.47 bits per heavy atom. The van der Waals surface area contributed by atoms with Crippen molar-refractivity contribution in [3.8, 4) is 0 Å². The smallest absolute Gasteiger partial charge is 0.0521 e. The predicted octanol–water partition coefficient (Wildman–Crippen LogP) is 2.82. The van der Waals surface area contributed by atoms with Crippen LogP contribution in [0.4, 0.5) is 0 Å². The Balaban J connectivity index is 1.72. The van der Waals surface area contributed by atoms with E-state index in [4.69, 9.17) is 0 Å². The topological polar surface area (TPSA) is 29.9 Å². The van der Waals surface area contributed by atoms with Gasteiger partial charge >= 0.3 is 0 Å². The first-order valence-corrected chi connectivity index (χ1v) is 7.01. The minimum Gasteiger partial charge on any atom is -0.311 e. The highest BCUT2D eigenvalue weighted by Gasteiger charge is 2.18. The Morgan fingerprint density at radius 3 is 3.12 bits per heavy atom. The highest BCUT2D eigenvalue weighted by molar-refractivity contribution is 4.99. The van der Waals surface area contributed by atoms with Gasteiger partial charge in [0, 0.05) is 19.3 Å². The summed E-state index contributed by atoms with van der Waals surface area (Å²) >= 11 is 0. The van der Waals surface area contributed by atoms with Crippen molar-refractivity contribution in [2.24, 2.45) is 11.8 Å². The lowest BCUT2D eigenvalue weighted by Crippen LogP contribution is -2.27. The highest BCUT2D eigenvalue weighted by Crippen LogP contribution is 2.27. The molecule has 17 heavy (non-hydrogen) atoms. The third-order valence-electron chi connectivity index (χ3n) is 3.89. The molecule has 2 unspecified atom stereocenters. The predicted molar refractivity (Wildman–Crippen MR) is 70.7 cm³/mol. The normalized spacial score (nSPS) is 25.1. The van der Waals surface area contributed by atoms with Crippen molar-refractivity contribution in [1.29, 1.82) is 0 Å². The first kappa shape index (κ1) is 12.6. The second-order valence-corrected chi connectivity index (χ2v) is 5.41. The van der Waals surface area contributed by atoms with Crippen molar-refractivity contribution in [1.82, 2.24) is 15.1 Å². The highest BCUT2D eigenvalue weighted by atomic mass is 15.3. The van der Waals surface area contributed by atoms with Gasteiger partial charge in [-0.25, -0.2) is 0 Å². The molecule has 2 atom stereocenters. The van der Waals surface area contributed by atoms with Gasteiger partial charge in [0.2, 0.25) is 0 Å². The molecule has 1 aliphatic rings. The van der Waals surface area contributed by atoms with Crippen LogP contribution in [0.3, 0.4) is 0 Å². The zero-order valence-electron chi connectivity index (χ0n) is 11.2. The van der Waals surface area contributed by atoms with Gasteiger partial charge in [0.1, 0.15) is 0 Å². The minimum atomic E-state index is 0.886. The van der Waals surface area contributed by atoms with Crippen molar-refractivity contribution in [2.75, 3.05) is 6.54 Å². The third-order valence-corrected chi connectivity index (χ3v) is 3.89. The first-order valence-electron chi connectivity index (χ1n) is 7.01. The summed E-state index contributed by atoms with van der Waals surface area (Å²) in [5.41, 5.74) is 1.30. The quantitative estimate of drug-likeness (QED) is 0.850. The molecule has 2 rings (SSSR count). The molecule has 1 aliphatic carbocycles. The molecule has 0 bridgehead atoms. The fourth-order valence-corrected chi connectivity index (χ4v) is 2.94. The number of aryl methyl sites for hydroxylation is 1. The molecular formula is C14H25N3. The minimum absolute atomic E-state index is 0.886. The fraction of sp³-hybridized carbons (Fsp3) is 0.786. The fourth-order valence-electron chi connectivity index (χ4n) is 2.94. The number of nitrogens with one attached hydrogen (secondary N) is 1. The second-order valence-electron chi connectivity index (χ2n) is 5.41. The van der Waals surface area contributed by atoms with Crippen molar-refractivity contribution in [3.05, 3.63) is 18.0 Å². The summed E-state index contributed by atoms with van der Waals surface area (Å²) in [6.45, 7) is 7.61. The SMILES string of the molecule is CCn1nccc1CNCC1CCCC(C)C1. The molecule has 1 fully saturated rings. The van der Waals surface area contributed by atoms with Gasteiger partial charge in [-0.15, -0.1) is 0 Å². The van der Waals surface area contributed by atoms with E-state index in [0.29, 0.717) is 0 Å². The van der Waals surface area contributed by atoms with Gasteiger partial charge in [0.05, 0.1) is 5.69 Å². The van der Waals surface area contributed by atoms with Gasteiger partial charge in [0.25, 0.3) is 0 Å². The van der Waals surface area contributed by atoms with Crippen LogP contribution >= 0.6 is 0 Å². The Hall–Kier alpha value is -0.830. The molecule has 0 aromatic carbocycles. The third kappa shape index (κ3) is 3.56. The van der Waals surface area contributed by atoms with E-state index in [0.717, 1.165) is 24.9 Å².